The van der Waals surface area contributed by atoms with E-state index >= 15 is 0 Å². The normalized spacial score (nSPS) is 10.9. The van der Waals surface area contributed by atoms with Gasteiger partial charge >= 0.3 is 0 Å². The van der Waals surface area contributed by atoms with Crippen LogP contribution in [0.5, 0.6) is 5.75 Å². The number of para-hydroxylation sites is 2. The van der Waals surface area contributed by atoms with Crippen LogP contribution < -0.4 is 4.74 Å². The van der Waals surface area contributed by atoms with Crippen LogP contribution in [0.3, 0.4) is 0 Å². The highest BCUT2D eigenvalue weighted by Gasteiger charge is 2.16. The van der Waals surface area contributed by atoms with Crippen molar-refractivity contribution in [3.63, 3.8) is 0 Å². The number of nitrogens with zero attached hydrogens (tertiary/aromatic N) is 2. The molecule has 0 unspecified atom stereocenters. The Morgan fingerprint density at radius 1 is 1.04 bits per heavy atom. The second-order valence-electron chi connectivity index (χ2n) is 6.17. The van der Waals surface area contributed by atoms with Gasteiger partial charge in [-0.15, -0.1) is 0 Å². The van der Waals surface area contributed by atoms with Crippen LogP contribution in [-0.4, -0.2) is 22.4 Å². The Balaban J connectivity index is 1.80. The first-order valence-electron chi connectivity index (χ1n) is 8.54. The highest BCUT2D eigenvalue weighted by molar-refractivity contribution is 6.30. The van der Waals surface area contributed by atoms with Crippen LogP contribution in [0.2, 0.25) is 5.02 Å². The molecule has 27 heavy (non-hydrogen) atoms. The van der Waals surface area contributed by atoms with E-state index in [1.165, 1.54) is 0 Å². The number of carbonyl (C=O) groups is 1. The summed E-state index contributed by atoms with van der Waals surface area (Å²) in [5, 5.41) is 0.608. The molecule has 3 aromatic carbocycles. The van der Waals surface area contributed by atoms with Gasteiger partial charge < -0.3 is 9.30 Å². The quantitative estimate of drug-likeness (QED) is 0.447. The Morgan fingerprint density at radius 2 is 1.81 bits per heavy atom. The van der Waals surface area contributed by atoms with E-state index in [9.17, 15) is 4.79 Å². The number of rotatable bonds is 5. The zero-order chi connectivity index (χ0) is 18.8. The monoisotopic (exact) mass is 376 g/mol. The van der Waals surface area contributed by atoms with E-state index < -0.39 is 0 Å². The molecule has 1 heterocycles. The summed E-state index contributed by atoms with van der Waals surface area (Å²) in [5.74, 6) is 1.48. The van der Waals surface area contributed by atoms with Crippen molar-refractivity contribution in [3.05, 3.63) is 83.4 Å². The summed E-state index contributed by atoms with van der Waals surface area (Å²) in [6.45, 7) is 0.189. The SMILES string of the molecule is COc1cccc(-c2nc3ccccc3n2CC(=O)c2ccc(Cl)cc2)c1. The highest BCUT2D eigenvalue weighted by Crippen LogP contribution is 2.27. The van der Waals surface area contributed by atoms with Gasteiger partial charge in [0.15, 0.2) is 5.78 Å². The lowest BCUT2D eigenvalue weighted by atomic mass is 10.1. The van der Waals surface area contributed by atoms with Crippen molar-refractivity contribution >= 4 is 28.4 Å². The van der Waals surface area contributed by atoms with Gasteiger partial charge in [-0.25, -0.2) is 4.98 Å². The van der Waals surface area contributed by atoms with Gasteiger partial charge in [-0.2, -0.15) is 0 Å². The van der Waals surface area contributed by atoms with Crippen LogP contribution in [0.1, 0.15) is 10.4 Å². The zero-order valence-electron chi connectivity index (χ0n) is 14.7. The average Bonchev–Trinajstić information content (AvgIpc) is 3.07. The molecule has 0 radical (unpaired) electrons. The fourth-order valence-corrected chi connectivity index (χ4v) is 3.21. The van der Waals surface area contributed by atoms with Crippen molar-refractivity contribution < 1.29 is 9.53 Å². The van der Waals surface area contributed by atoms with E-state index in [1.54, 1.807) is 31.4 Å². The molecule has 0 aliphatic rings. The maximum absolute atomic E-state index is 12.9. The molecule has 0 amide bonds. The Morgan fingerprint density at radius 3 is 2.59 bits per heavy atom. The van der Waals surface area contributed by atoms with Gasteiger partial charge in [0.05, 0.1) is 24.7 Å². The number of halogens is 1. The number of carbonyl (C=O) groups excluding carboxylic acids is 1. The van der Waals surface area contributed by atoms with Crippen molar-refractivity contribution in [2.75, 3.05) is 7.11 Å². The maximum atomic E-state index is 12.9. The molecule has 0 saturated carbocycles. The summed E-state index contributed by atoms with van der Waals surface area (Å²) in [4.78, 5) is 17.6. The number of benzene rings is 3. The number of hydrogen-bond acceptors (Lipinski definition) is 3. The molecule has 0 aliphatic carbocycles. The third-order valence-electron chi connectivity index (χ3n) is 4.45. The summed E-state index contributed by atoms with van der Waals surface area (Å²) in [7, 11) is 1.63. The molecule has 4 rings (SSSR count). The van der Waals surface area contributed by atoms with Crippen molar-refractivity contribution in [3.8, 4) is 17.1 Å². The summed E-state index contributed by atoms with van der Waals surface area (Å²) in [6, 6.07) is 22.4. The topological polar surface area (TPSA) is 44.1 Å². The lowest BCUT2D eigenvalue weighted by Gasteiger charge is -2.10. The molecule has 5 heteroatoms. The minimum Gasteiger partial charge on any atom is -0.497 e. The van der Waals surface area contributed by atoms with Gasteiger partial charge in [0, 0.05) is 16.1 Å². The maximum Gasteiger partial charge on any atom is 0.182 e. The molecule has 0 aliphatic heterocycles. The molecule has 1 aromatic heterocycles. The molecule has 0 N–H and O–H groups in total. The molecule has 4 nitrogen and oxygen atoms in total. The van der Waals surface area contributed by atoms with Crippen LogP contribution in [0.25, 0.3) is 22.4 Å². The largest absolute Gasteiger partial charge is 0.497 e. The first-order valence-corrected chi connectivity index (χ1v) is 8.92. The summed E-state index contributed by atoms with van der Waals surface area (Å²) >= 11 is 5.93. The Labute approximate surface area is 162 Å². The van der Waals surface area contributed by atoms with Gasteiger partial charge in [-0.1, -0.05) is 35.9 Å². The van der Waals surface area contributed by atoms with Crippen LogP contribution in [-0.2, 0) is 6.54 Å². The highest BCUT2D eigenvalue weighted by atomic mass is 35.5. The molecule has 0 spiro atoms. The van der Waals surface area contributed by atoms with Crippen molar-refractivity contribution in [2.45, 2.75) is 6.54 Å². The van der Waals surface area contributed by atoms with E-state index in [0.29, 0.717) is 10.6 Å². The predicted molar refractivity (Wildman–Crippen MR) is 108 cm³/mol. The third-order valence-corrected chi connectivity index (χ3v) is 4.70. The lowest BCUT2D eigenvalue weighted by molar-refractivity contribution is 0.0974. The van der Waals surface area contributed by atoms with Gasteiger partial charge in [0.2, 0.25) is 0 Å². The predicted octanol–water partition coefficient (Wildman–Crippen LogP) is 5.25. The summed E-state index contributed by atoms with van der Waals surface area (Å²) in [6.07, 6.45) is 0. The number of fused-ring (bicyclic) bond motifs is 1. The molecule has 0 atom stereocenters. The Hall–Kier alpha value is -3.11. The van der Waals surface area contributed by atoms with Crippen LogP contribution in [0.15, 0.2) is 72.8 Å². The molecule has 0 fully saturated rings. The first kappa shape index (κ1) is 17.3. The number of imidazole rings is 1. The van der Waals surface area contributed by atoms with E-state index in [-0.39, 0.29) is 12.3 Å². The minimum atomic E-state index is -0.000958. The van der Waals surface area contributed by atoms with Gasteiger partial charge in [-0.3, -0.25) is 4.79 Å². The Kier molecular flexibility index (Phi) is 4.65. The standard InChI is InChI=1S/C22H17ClN2O2/c1-27-18-6-4-5-16(13-18)22-24-19-7-2-3-8-20(19)25(22)14-21(26)15-9-11-17(23)12-10-15/h2-13H,14H2,1H3. The fourth-order valence-electron chi connectivity index (χ4n) is 3.09. The van der Waals surface area contributed by atoms with E-state index in [0.717, 1.165) is 28.2 Å². The van der Waals surface area contributed by atoms with Crippen molar-refractivity contribution in [1.82, 2.24) is 9.55 Å². The van der Waals surface area contributed by atoms with Crippen LogP contribution >= 0.6 is 11.6 Å². The van der Waals surface area contributed by atoms with Gasteiger partial charge in [0.25, 0.3) is 0 Å². The molecule has 134 valence electrons. The molecular weight excluding hydrogens is 360 g/mol. The number of ketones is 1. The molecule has 0 bridgehead atoms. The average molecular weight is 377 g/mol. The van der Waals surface area contributed by atoms with E-state index in [4.69, 9.17) is 21.3 Å². The first-order chi connectivity index (χ1) is 13.2. The molecule has 0 saturated heterocycles. The van der Waals surface area contributed by atoms with Crippen LogP contribution in [0, 0.1) is 0 Å². The second-order valence-corrected chi connectivity index (χ2v) is 6.61. The van der Waals surface area contributed by atoms with Gasteiger partial charge in [-0.05, 0) is 48.5 Å². The fraction of sp³-hybridized carbons (Fsp3) is 0.0909. The third kappa shape index (κ3) is 3.44. The number of ether oxygens (including phenoxy) is 1. The Bertz CT molecular complexity index is 1120. The number of hydrogen-bond donors (Lipinski definition) is 0. The van der Waals surface area contributed by atoms with E-state index in [2.05, 4.69) is 0 Å². The molecular formula is C22H17ClN2O2. The number of aromatic nitrogens is 2. The van der Waals surface area contributed by atoms with Crippen LogP contribution in [0.4, 0.5) is 0 Å². The minimum absolute atomic E-state index is 0.000958. The smallest absolute Gasteiger partial charge is 0.182 e. The van der Waals surface area contributed by atoms with Crippen molar-refractivity contribution in [2.24, 2.45) is 0 Å². The second kappa shape index (κ2) is 7.25. The van der Waals surface area contributed by atoms with E-state index in [1.807, 2.05) is 53.1 Å². The number of methoxy groups -OCH3 is 1. The molecule has 4 aromatic rings. The summed E-state index contributed by atoms with van der Waals surface area (Å²) < 4.78 is 7.28. The zero-order valence-corrected chi connectivity index (χ0v) is 15.5. The van der Waals surface area contributed by atoms with Crippen molar-refractivity contribution in [1.29, 1.82) is 0 Å². The lowest BCUT2D eigenvalue weighted by Crippen LogP contribution is -2.11. The number of Topliss-reactive ketones (excluding diaryl/α,β-unsaturated/α-hetero) is 1. The van der Waals surface area contributed by atoms with Gasteiger partial charge in [0.1, 0.15) is 11.6 Å². The summed E-state index contributed by atoms with van der Waals surface area (Å²) in [5.41, 5.74) is 3.28.